The average Bonchev–Trinajstić information content (AvgIpc) is 2.84. The number of nitrogens with one attached hydrogen (secondary N) is 1. The molecule has 0 unspecified atom stereocenters. The Morgan fingerprint density at radius 3 is 2.58 bits per heavy atom. The second kappa shape index (κ2) is 9.70. The van der Waals surface area contributed by atoms with Crippen LogP contribution in [0.1, 0.15) is 18.1 Å². The zero-order valence-corrected chi connectivity index (χ0v) is 18.8. The van der Waals surface area contributed by atoms with E-state index in [-0.39, 0.29) is 16.6 Å². The molecule has 0 bridgehead atoms. The van der Waals surface area contributed by atoms with Gasteiger partial charge in [0, 0.05) is 29.6 Å². The number of rotatable bonds is 6. The lowest BCUT2D eigenvalue weighted by Gasteiger charge is -2.16. The van der Waals surface area contributed by atoms with E-state index >= 15 is 0 Å². The van der Waals surface area contributed by atoms with Gasteiger partial charge < -0.3 is 5.32 Å². The van der Waals surface area contributed by atoms with Gasteiger partial charge in [-0.05, 0) is 48.9 Å². The fourth-order valence-corrected chi connectivity index (χ4v) is 3.40. The van der Waals surface area contributed by atoms with Crippen molar-refractivity contribution in [2.75, 3.05) is 12.4 Å². The van der Waals surface area contributed by atoms with Crippen LogP contribution in [0.2, 0.25) is 0 Å². The highest BCUT2D eigenvalue weighted by molar-refractivity contribution is 7.80. The number of halogens is 2. The Morgan fingerprint density at radius 1 is 1.24 bits per heavy atom. The first-order valence-corrected chi connectivity index (χ1v) is 10.1. The number of fused-ring (bicyclic) bond motifs is 1. The van der Waals surface area contributed by atoms with Gasteiger partial charge in [-0.2, -0.15) is 4.98 Å². The number of aromatic nitrogens is 3. The summed E-state index contributed by atoms with van der Waals surface area (Å²) < 4.78 is 30.2. The lowest BCUT2D eigenvalue weighted by Crippen LogP contribution is -2.21. The summed E-state index contributed by atoms with van der Waals surface area (Å²) in [7, 11) is 1.57. The third-order valence-corrected chi connectivity index (χ3v) is 5.22. The van der Waals surface area contributed by atoms with Crippen LogP contribution in [0.5, 0.6) is 0 Å². The second-order valence-corrected chi connectivity index (χ2v) is 7.24. The summed E-state index contributed by atoms with van der Waals surface area (Å²) in [4.78, 5) is 32.4. The molecule has 0 saturated carbocycles. The number of aryl methyl sites for hydroxylation is 1. The number of nitroso groups, excluding NO2 is 1. The fraction of sp³-hybridized carbons (Fsp3) is 0.130. The minimum absolute atomic E-state index is 0.0262. The molecule has 10 heteroatoms. The number of benzene rings is 1. The quantitative estimate of drug-likeness (QED) is 0.295. The number of hydrogen-bond acceptors (Lipinski definition) is 6. The van der Waals surface area contributed by atoms with E-state index in [0.717, 1.165) is 22.3 Å². The van der Waals surface area contributed by atoms with E-state index in [1.165, 1.54) is 19.1 Å². The minimum atomic E-state index is -1.04. The molecule has 3 rings (SSSR count). The van der Waals surface area contributed by atoms with Gasteiger partial charge in [-0.25, -0.2) is 13.8 Å². The van der Waals surface area contributed by atoms with Crippen LogP contribution in [-0.2, 0) is 0 Å². The number of thiocarbonyl (C=S) groups is 1. The van der Waals surface area contributed by atoms with E-state index in [0.29, 0.717) is 22.2 Å². The molecule has 0 aliphatic rings. The molecule has 0 aliphatic heterocycles. The summed E-state index contributed by atoms with van der Waals surface area (Å²) in [6, 6.07) is 7.69. The predicted molar refractivity (Wildman–Crippen MR) is 130 cm³/mol. The maximum Gasteiger partial charge on any atom is 0.256 e. The van der Waals surface area contributed by atoms with E-state index in [1.807, 2.05) is 6.92 Å². The maximum atomic E-state index is 14.7. The molecule has 0 fully saturated rings. The number of allylic oxidation sites excluding steroid dienone is 5. The molecule has 0 amide bonds. The van der Waals surface area contributed by atoms with Crippen molar-refractivity contribution < 1.29 is 8.78 Å². The van der Waals surface area contributed by atoms with Crippen molar-refractivity contribution in [1.29, 1.82) is 0 Å². The van der Waals surface area contributed by atoms with Crippen molar-refractivity contribution in [2.24, 2.45) is 5.18 Å². The van der Waals surface area contributed by atoms with Crippen molar-refractivity contribution in [3.05, 3.63) is 87.1 Å². The molecule has 1 N–H and O–H groups in total. The van der Waals surface area contributed by atoms with Gasteiger partial charge in [-0.1, -0.05) is 30.9 Å². The van der Waals surface area contributed by atoms with Gasteiger partial charge in [-0.3, -0.25) is 9.36 Å². The summed E-state index contributed by atoms with van der Waals surface area (Å²) >= 11 is 5.00. The molecule has 2 aromatic heterocycles. The van der Waals surface area contributed by atoms with Gasteiger partial charge >= 0.3 is 0 Å². The Balaban J connectivity index is 2.52. The monoisotopic (exact) mass is 467 g/mol. The first kappa shape index (κ1) is 23.7. The average molecular weight is 468 g/mol. The SMILES string of the molecule is C=C/C(F)=C(\C(F)=C/C)n1c(=O)ccc2c(-c3cc(C(=S)N=O)ccc3C)nc(NC)nc21. The summed E-state index contributed by atoms with van der Waals surface area (Å²) in [5.74, 6) is -1.89. The first-order chi connectivity index (χ1) is 15.8. The Hall–Kier alpha value is -3.92. The normalized spacial score (nSPS) is 12.3. The third kappa shape index (κ3) is 4.37. The summed E-state index contributed by atoms with van der Waals surface area (Å²) in [5.41, 5.74) is 0.785. The summed E-state index contributed by atoms with van der Waals surface area (Å²) in [6.07, 6.45) is 1.84. The van der Waals surface area contributed by atoms with Gasteiger partial charge in [0.05, 0.1) is 5.69 Å². The predicted octanol–water partition coefficient (Wildman–Crippen LogP) is 5.45. The van der Waals surface area contributed by atoms with Gasteiger partial charge in [0.2, 0.25) is 5.95 Å². The number of pyridine rings is 1. The van der Waals surface area contributed by atoms with Crippen molar-refractivity contribution >= 4 is 39.9 Å². The topological polar surface area (TPSA) is 89.2 Å². The van der Waals surface area contributed by atoms with Gasteiger partial charge in [-0.15, -0.1) is 4.91 Å². The molecule has 33 heavy (non-hydrogen) atoms. The summed E-state index contributed by atoms with van der Waals surface area (Å²) in [6.45, 7) is 6.54. The van der Waals surface area contributed by atoms with Crippen LogP contribution in [0.3, 0.4) is 0 Å². The molecule has 0 spiro atoms. The van der Waals surface area contributed by atoms with Gasteiger partial charge in [0.25, 0.3) is 5.56 Å². The van der Waals surface area contributed by atoms with E-state index < -0.39 is 22.9 Å². The number of hydrogen-bond donors (Lipinski definition) is 1. The van der Waals surface area contributed by atoms with Gasteiger partial charge in [0.15, 0.2) is 10.6 Å². The number of nitrogens with zero attached hydrogens (tertiary/aromatic N) is 4. The van der Waals surface area contributed by atoms with Crippen LogP contribution in [0.25, 0.3) is 28.0 Å². The Labute approximate surface area is 193 Å². The lowest BCUT2D eigenvalue weighted by molar-refractivity contribution is 0.624. The van der Waals surface area contributed by atoms with E-state index in [2.05, 4.69) is 27.0 Å². The standard InChI is InChI=1S/C23H19F2N5O2S/c1-5-16(24)20(17(25)6-2)30-18(31)10-9-14-19(27-23(26-4)28-21(14)30)15-11-13(22(33)29-32)8-7-12(15)3/h5-11H,1H2,2-4H3,(H,26,27,28)/b17-6+,20-16-. The van der Waals surface area contributed by atoms with Crippen LogP contribution in [-0.4, -0.2) is 26.6 Å². The van der Waals surface area contributed by atoms with E-state index in [9.17, 15) is 18.5 Å². The molecule has 1 aromatic carbocycles. The zero-order valence-electron chi connectivity index (χ0n) is 18.0. The highest BCUT2D eigenvalue weighted by Crippen LogP contribution is 2.32. The molecule has 0 aliphatic carbocycles. The van der Waals surface area contributed by atoms with Crippen LogP contribution in [0.15, 0.2) is 70.7 Å². The highest BCUT2D eigenvalue weighted by atomic mass is 32.1. The molecule has 7 nitrogen and oxygen atoms in total. The third-order valence-electron chi connectivity index (χ3n) is 4.91. The Morgan fingerprint density at radius 2 is 1.97 bits per heavy atom. The molecule has 3 aromatic rings. The van der Waals surface area contributed by atoms with Crippen molar-refractivity contribution in [3.63, 3.8) is 0 Å². The molecule has 2 heterocycles. The molecular weight excluding hydrogens is 448 g/mol. The number of anilines is 1. The Kier molecular flexibility index (Phi) is 6.98. The lowest BCUT2D eigenvalue weighted by atomic mass is 9.99. The molecule has 0 radical (unpaired) electrons. The van der Waals surface area contributed by atoms with E-state index in [4.69, 9.17) is 12.2 Å². The first-order valence-electron chi connectivity index (χ1n) is 9.72. The molecule has 0 saturated heterocycles. The second-order valence-electron chi connectivity index (χ2n) is 6.85. The minimum Gasteiger partial charge on any atom is -0.357 e. The summed E-state index contributed by atoms with van der Waals surface area (Å²) in [5, 5.41) is 5.96. The molecule has 0 atom stereocenters. The van der Waals surface area contributed by atoms with Crippen LogP contribution in [0, 0.1) is 11.8 Å². The molecular formula is C23H19F2N5O2S. The van der Waals surface area contributed by atoms with Crippen molar-refractivity contribution in [1.82, 2.24) is 14.5 Å². The molecule has 168 valence electrons. The van der Waals surface area contributed by atoms with Crippen molar-refractivity contribution in [3.8, 4) is 11.3 Å². The largest absolute Gasteiger partial charge is 0.357 e. The smallest absolute Gasteiger partial charge is 0.256 e. The fourth-order valence-electron chi connectivity index (χ4n) is 3.27. The van der Waals surface area contributed by atoms with E-state index in [1.54, 1.807) is 25.2 Å². The maximum absolute atomic E-state index is 14.7. The highest BCUT2D eigenvalue weighted by Gasteiger charge is 2.21. The van der Waals surface area contributed by atoms with Crippen LogP contribution >= 0.6 is 12.2 Å². The Bertz CT molecular complexity index is 1430. The van der Waals surface area contributed by atoms with Crippen molar-refractivity contribution in [2.45, 2.75) is 13.8 Å². The zero-order chi connectivity index (χ0) is 24.3. The van der Waals surface area contributed by atoms with Crippen LogP contribution < -0.4 is 10.9 Å². The van der Waals surface area contributed by atoms with Crippen LogP contribution in [0.4, 0.5) is 14.7 Å². The van der Waals surface area contributed by atoms with Gasteiger partial charge in [0.1, 0.15) is 17.4 Å².